The van der Waals surface area contributed by atoms with E-state index >= 15 is 0 Å². The maximum Gasteiger partial charge on any atom is 0.0681 e. The zero-order valence-electron chi connectivity index (χ0n) is 11.4. The van der Waals surface area contributed by atoms with E-state index in [0.29, 0.717) is 0 Å². The first-order valence-electron chi connectivity index (χ1n) is 5.82. The number of hydrogen-bond acceptors (Lipinski definition) is 4. The molecule has 96 valence electrons. The van der Waals surface area contributed by atoms with Gasteiger partial charge < -0.3 is 5.32 Å². The van der Waals surface area contributed by atoms with Gasteiger partial charge in [-0.2, -0.15) is 5.10 Å². The van der Waals surface area contributed by atoms with Crippen LogP contribution in [0.4, 0.5) is 0 Å². The summed E-state index contributed by atoms with van der Waals surface area (Å²) in [6.45, 7) is 1.91. The van der Waals surface area contributed by atoms with Gasteiger partial charge in [0.1, 0.15) is 0 Å². The van der Waals surface area contributed by atoms with Crippen molar-refractivity contribution in [3.8, 4) is 0 Å². The highest BCUT2D eigenvalue weighted by molar-refractivity contribution is 6.29. The molecule has 1 aromatic carbocycles. The summed E-state index contributed by atoms with van der Waals surface area (Å²) in [4.78, 5) is 4.02. The summed E-state index contributed by atoms with van der Waals surface area (Å²) in [7, 11) is 5.54. The highest BCUT2D eigenvalue weighted by atomic mass is 15.4. The number of benzene rings is 1. The van der Waals surface area contributed by atoms with Crippen molar-refractivity contribution < 1.29 is 0 Å². The zero-order valence-corrected chi connectivity index (χ0v) is 11.4. The molecule has 1 rings (SSSR count). The molecule has 0 atom stereocenters. The third-order valence-corrected chi connectivity index (χ3v) is 2.45. The van der Waals surface area contributed by atoms with Gasteiger partial charge in [-0.25, -0.2) is 0 Å². The standard InChI is InChI=1S/C14H20N4/c1-12(15-2)10-17-18(4)11-14(16-3)13-8-6-5-7-9-13/h5-11,16H,1-4H3/b14-11-,15-12?,17-10-. The lowest BCUT2D eigenvalue weighted by Crippen LogP contribution is -2.11. The van der Waals surface area contributed by atoms with Crippen molar-refractivity contribution in [2.24, 2.45) is 10.1 Å². The van der Waals surface area contributed by atoms with Gasteiger partial charge in [-0.3, -0.25) is 10.0 Å². The largest absolute Gasteiger partial charge is 0.386 e. The van der Waals surface area contributed by atoms with Gasteiger partial charge >= 0.3 is 0 Å². The van der Waals surface area contributed by atoms with Crippen molar-refractivity contribution in [2.75, 3.05) is 21.1 Å². The van der Waals surface area contributed by atoms with Crippen LogP contribution in [0.5, 0.6) is 0 Å². The predicted octanol–water partition coefficient (Wildman–Crippen LogP) is 2.21. The van der Waals surface area contributed by atoms with Crippen LogP contribution in [0.3, 0.4) is 0 Å². The SMILES string of the molecule is CN=C(C)/C=N\N(C)/C=C(\NC)c1ccccc1. The average molecular weight is 244 g/mol. The first kappa shape index (κ1) is 14.0. The Hall–Kier alpha value is -2.10. The highest BCUT2D eigenvalue weighted by Crippen LogP contribution is 2.10. The van der Waals surface area contributed by atoms with Crippen LogP contribution >= 0.6 is 0 Å². The van der Waals surface area contributed by atoms with E-state index < -0.39 is 0 Å². The Kier molecular flexibility index (Phi) is 5.64. The van der Waals surface area contributed by atoms with Crippen LogP contribution in [0.1, 0.15) is 12.5 Å². The number of hydrazone groups is 1. The molecule has 0 saturated carbocycles. The van der Waals surface area contributed by atoms with Crippen molar-refractivity contribution in [2.45, 2.75) is 6.92 Å². The lowest BCUT2D eigenvalue weighted by atomic mass is 10.2. The van der Waals surface area contributed by atoms with Crippen LogP contribution in [0.25, 0.3) is 5.70 Å². The summed E-state index contributed by atoms with van der Waals surface area (Å²) in [5.74, 6) is 0. The Morgan fingerprint density at radius 1 is 1.28 bits per heavy atom. The van der Waals surface area contributed by atoms with Crippen molar-refractivity contribution >= 4 is 17.6 Å². The fraction of sp³-hybridized carbons (Fsp3) is 0.286. The Morgan fingerprint density at radius 3 is 2.50 bits per heavy atom. The molecule has 0 aliphatic rings. The molecule has 0 fully saturated rings. The van der Waals surface area contributed by atoms with Crippen molar-refractivity contribution in [1.29, 1.82) is 0 Å². The molecule has 1 aromatic rings. The molecule has 0 bridgehead atoms. The summed E-state index contributed by atoms with van der Waals surface area (Å²) in [6, 6.07) is 10.1. The topological polar surface area (TPSA) is 40.0 Å². The molecule has 0 spiro atoms. The fourth-order valence-electron chi connectivity index (χ4n) is 1.35. The molecule has 4 heteroatoms. The maximum atomic E-state index is 4.27. The minimum Gasteiger partial charge on any atom is -0.386 e. The number of nitrogens with zero attached hydrogens (tertiary/aromatic N) is 3. The summed E-state index contributed by atoms with van der Waals surface area (Å²) < 4.78 is 0. The number of hydrogen-bond donors (Lipinski definition) is 1. The van der Waals surface area contributed by atoms with E-state index in [4.69, 9.17) is 0 Å². The molecule has 0 aliphatic carbocycles. The van der Waals surface area contributed by atoms with Crippen molar-refractivity contribution in [3.05, 3.63) is 42.1 Å². The van der Waals surface area contributed by atoms with Crippen molar-refractivity contribution in [3.63, 3.8) is 0 Å². The molecule has 0 heterocycles. The van der Waals surface area contributed by atoms with Crippen LogP contribution in [0.15, 0.2) is 46.6 Å². The molecule has 0 radical (unpaired) electrons. The minimum atomic E-state index is 0.890. The molecule has 0 unspecified atom stereocenters. The summed E-state index contributed by atoms with van der Waals surface area (Å²) in [5.41, 5.74) is 3.03. The smallest absolute Gasteiger partial charge is 0.0681 e. The molecule has 18 heavy (non-hydrogen) atoms. The van der Waals surface area contributed by atoms with Gasteiger partial charge in [0, 0.05) is 27.3 Å². The Bertz CT molecular complexity index is 446. The lowest BCUT2D eigenvalue weighted by molar-refractivity contribution is 0.494. The Balaban J connectivity index is 2.83. The van der Waals surface area contributed by atoms with E-state index in [-0.39, 0.29) is 0 Å². The second-order valence-corrected chi connectivity index (χ2v) is 3.84. The van der Waals surface area contributed by atoms with Crippen LogP contribution < -0.4 is 5.32 Å². The average Bonchev–Trinajstić information content (AvgIpc) is 2.43. The van der Waals surface area contributed by atoms with Gasteiger partial charge in [-0.15, -0.1) is 0 Å². The molecule has 4 nitrogen and oxygen atoms in total. The number of nitrogens with one attached hydrogen (secondary N) is 1. The van der Waals surface area contributed by atoms with Gasteiger partial charge in [-0.05, 0) is 12.5 Å². The van der Waals surface area contributed by atoms with E-state index in [1.807, 2.05) is 45.4 Å². The minimum absolute atomic E-state index is 0.890. The molecular formula is C14H20N4. The van der Waals surface area contributed by atoms with Crippen LogP contribution in [0.2, 0.25) is 0 Å². The number of rotatable bonds is 5. The van der Waals surface area contributed by atoms with Crippen LogP contribution in [0, 0.1) is 0 Å². The van der Waals surface area contributed by atoms with Crippen LogP contribution in [-0.2, 0) is 0 Å². The molecule has 0 aliphatic heterocycles. The molecular weight excluding hydrogens is 224 g/mol. The number of aliphatic imine (C=N–C) groups is 1. The fourth-order valence-corrected chi connectivity index (χ4v) is 1.35. The predicted molar refractivity (Wildman–Crippen MR) is 78.8 cm³/mol. The monoisotopic (exact) mass is 244 g/mol. The van der Waals surface area contributed by atoms with Crippen molar-refractivity contribution in [1.82, 2.24) is 10.3 Å². The van der Waals surface area contributed by atoms with E-state index in [0.717, 1.165) is 17.0 Å². The third-order valence-electron chi connectivity index (χ3n) is 2.45. The first-order chi connectivity index (χ1) is 8.67. The Labute approximate surface area is 109 Å². The summed E-state index contributed by atoms with van der Waals surface area (Å²) in [5, 5.41) is 9.19. The highest BCUT2D eigenvalue weighted by Gasteiger charge is 1.98. The maximum absolute atomic E-state index is 4.27. The van der Waals surface area contributed by atoms with Gasteiger partial charge in [0.2, 0.25) is 0 Å². The molecule has 0 amide bonds. The van der Waals surface area contributed by atoms with Crippen LogP contribution in [-0.4, -0.2) is 38.1 Å². The normalized spacial score (nSPS) is 12.9. The quantitative estimate of drug-likeness (QED) is 0.637. The molecule has 1 N–H and O–H groups in total. The van der Waals surface area contributed by atoms with E-state index in [2.05, 4.69) is 27.5 Å². The first-order valence-corrected chi connectivity index (χ1v) is 5.82. The summed E-state index contributed by atoms with van der Waals surface area (Å²) in [6.07, 6.45) is 3.67. The zero-order chi connectivity index (χ0) is 13.4. The van der Waals surface area contributed by atoms with E-state index in [9.17, 15) is 0 Å². The molecule has 0 aromatic heterocycles. The van der Waals surface area contributed by atoms with Gasteiger partial charge in [0.15, 0.2) is 0 Å². The Morgan fingerprint density at radius 2 is 1.94 bits per heavy atom. The lowest BCUT2D eigenvalue weighted by Gasteiger charge is -2.12. The van der Waals surface area contributed by atoms with Gasteiger partial charge in [0.05, 0.1) is 17.6 Å². The summed E-state index contributed by atoms with van der Waals surface area (Å²) >= 11 is 0. The third kappa shape index (κ3) is 4.41. The molecule has 0 saturated heterocycles. The second-order valence-electron chi connectivity index (χ2n) is 3.84. The van der Waals surface area contributed by atoms with E-state index in [1.54, 1.807) is 18.3 Å². The van der Waals surface area contributed by atoms with E-state index in [1.165, 1.54) is 0 Å². The second kappa shape index (κ2) is 7.27. The van der Waals surface area contributed by atoms with Gasteiger partial charge in [-0.1, -0.05) is 30.3 Å². The van der Waals surface area contributed by atoms with Gasteiger partial charge in [0.25, 0.3) is 0 Å².